The SMILES string of the molecule is COc1cc(O)ccc1C1C2=CCC3C(=O)N(CCc4ccc(O)cc4)C(=O)C3C2CC2=C1C(=O)C=C(Br)C2=O. The zero-order valence-corrected chi connectivity index (χ0v) is 23.2. The van der Waals surface area contributed by atoms with Crippen LogP contribution in [0, 0.1) is 17.8 Å². The van der Waals surface area contributed by atoms with Crippen molar-refractivity contribution in [2.75, 3.05) is 13.7 Å². The number of hydrogen-bond acceptors (Lipinski definition) is 7. The summed E-state index contributed by atoms with van der Waals surface area (Å²) in [5.74, 6) is -2.91. The molecule has 2 aromatic carbocycles. The van der Waals surface area contributed by atoms with Gasteiger partial charge >= 0.3 is 0 Å². The molecule has 0 radical (unpaired) electrons. The molecule has 1 heterocycles. The maximum atomic E-state index is 13.9. The highest BCUT2D eigenvalue weighted by Crippen LogP contribution is 2.56. The molecule has 1 saturated heterocycles. The van der Waals surface area contributed by atoms with Crippen molar-refractivity contribution in [2.45, 2.75) is 25.2 Å². The molecular weight excluding hydrogens is 578 g/mol. The van der Waals surface area contributed by atoms with Gasteiger partial charge in [0.2, 0.25) is 11.8 Å². The quantitative estimate of drug-likeness (QED) is 0.300. The molecule has 6 rings (SSSR count). The van der Waals surface area contributed by atoms with Crippen LogP contribution >= 0.6 is 15.9 Å². The number of methoxy groups -OCH3 is 1. The molecule has 4 aliphatic rings. The number of aromatic hydroxyl groups is 2. The smallest absolute Gasteiger partial charge is 0.233 e. The summed E-state index contributed by atoms with van der Waals surface area (Å²) < 4.78 is 5.73. The van der Waals surface area contributed by atoms with Crippen LogP contribution in [0.25, 0.3) is 0 Å². The monoisotopic (exact) mass is 603 g/mol. The molecule has 2 N–H and O–H groups in total. The van der Waals surface area contributed by atoms with Gasteiger partial charge in [-0.25, -0.2) is 0 Å². The summed E-state index contributed by atoms with van der Waals surface area (Å²) in [4.78, 5) is 55.4. The maximum Gasteiger partial charge on any atom is 0.233 e. The fourth-order valence-corrected chi connectivity index (χ4v) is 7.14. The topological polar surface area (TPSA) is 121 Å². The third-order valence-electron chi connectivity index (χ3n) is 8.51. The highest BCUT2D eigenvalue weighted by atomic mass is 79.9. The molecule has 0 aromatic heterocycles. The summed E-state index contributed by atoms with van der Waals surface area (Å²) in [5, 5.41) is 19.6. The number of carbonyl (C=O) groups is 4. The van der Waals surface area contributed by atoms with E-state index in [4.69, 9.17) is 4.74 Å². The zero-order chi connectivity index (χ0) is 28.3. The minimum atomic E-state index is -0.660. The van der Waals surface area contributed by atoms with E-state index in [9.17, 15) is 29.4 Å². The Kier molecular flexibility index (Phi) is 6.49. The molecule has 2 amide bonds. The van der Waals surface area contributed by atoms with Crippen LogP contribution in [0.15, 0.2) is 75.8 Å². The lowest BCUT2D eigenvalue weighted by Gasteiger charge is -2.42. The molecule has 4 atom stereocenters. The van der Waals surface area contributed by atoms with Crippen LogP contribution in [0.5, 0.6) is 17.2 Å². The molecule has 0 saturated carbocycles. The van der Waals surface area contributed by atoms with Crippen molar-refractivity contribution in [3.63, 3.8) is 0 Å². The molecule has 1 fully saturated rings. The van der Waals surface area contributed by atoms with Crippen LogP contribution in [0.3, 0.4) is 0 Å². The Morgan fingerprint density at radius 3 is 2.42 bits per heavy atom. The van der Waals surface area contributed by atoms with Crippen LogP contribution in [0.4, 0.5) is 0 Å². The average molecular weight is 604 g/mol. The number of phenols is 2. The number of Topliss-reactive ketones (excluding diaryl/α,β-unsaturated/α-hetero) is 1. The number of fused-ring (bicyclic) bond motifs is 3. The summed E-state index contributed by atoms with van der Waals surface area (Å²) in [5.41, 5.74) is 3.00. The highest BCUT2D eigenvalue weighted by molar-refractivity contribution is 9.12. The number of nitrogens with zero attached hydrogens (tertiary/aromatic N) is 1. The van der Waals surface area contributed by atoms with Crippen molar-refractivity contribution in [1.82, 2.24) is 4.90 Å². The van der Waals surface area contributed by atoms with Gasteiger partial charge in [-0.05, 0) is 64.9 Å². The fraction of sp³-hybridized carbons (Fsp3) is 0.290. The Morgan fingerprint density at radius 1 is 0.975 bits per heavy atom. The van der Waals surface area contributed by atoms with E-state index in [2.05, 4.69) is 15.9 Å². The van der Waals surface area contributed by atoms with Gasteiger partial charge < -0.3 is 14.9 Å². The summed E-state index contributed by atoms with van der Waals surface area (Å²) in [7, 11) is 1.47. The van der Waals surface area contributed by atoms with E-state index in [0.29, 0.717) is 35.3 Å². The fourth-order valence-electron chi connectivity index (χ4n) is 6.69. The Balaban J connectivity index is 1.40. The number of ketones is 2. The number of halogens is 1. The first kappa shape index (κ1) is 26.3. The molecule has 9 heteroatoms. The van der Waals surface area contributed by atoms with Crippen molar-refractivity contribution in [3.8, 4) is 17.2 Å². The van der Waals surface area contributed by atoms with E-state index in [1.54, 1.807) is 30.3 Å². The Hall–Kier alpha value is -3.98. The second kappa shape index (κ2) is 9.89. The Labute approximate surface area is 238 Å². The van der Waals surface area contributed by atoms with Gasteiger partial charge in [0.15, 0.2) is 11.6 Å². The molecule has 204 valence electrons. The number of rotatable bonds is 5. The van der Waals surface area contributed by atoms with Gasteiger partial charge in [-0.1, -0.05) is 29.8 Å². The number of benzene rings is 2. The Morgan fingerprint density at radius 2 is 1.70 bits per heavy atom. The summed E-state index contributed by atoms with van der Waals surface area (Å²) in [6, 6.07) is 11.3. The van der Waals surface area contributed by atoms with Gasteiger partial charge in [-0.3, -0.25) is 24.1 Å². The van der Waals surface area contributed by atoms with Gasteiger partial charge in [0.25, 0.3) is 0 Å². The Bertz CT molecular complexity index is 1570. The first-order valence-corrected chi connectivity index (χ1v) is 13.9. The van der Waals surface area contributed by atoms with Crippen molar-refractivity contribution in [3.05, 3.63) is 86.9 Å². The molecule has 0 spiro atoms. The third kappa shape index (κ3) is 4.11. The van der Waals surface area contributed by atoms with Gasteiger partial charge in [-0.2, -0.15) is 0 Å². The van der Waals surface area contributed by atoms with E-state index in [-0.39, 0.29) is 52.3 Å². The molecular formula is C31H26BrNO7. The lowest BCUT2D eigenvalue weighted by Crippen LogP contribution is -2.39. The van der Waals surface area contributed by atoms with Crippen molar-refractivity contribution < 1.29 is 34.1 Å². The molecule has 40 heavy (non-hydrogen) atoms. The van der Waals surface area contributed by atoms with Crippen molar-refractivity contribution in [1.29, 1.82) is 0 Å². The predicted octanol–water partition coefficient (Wildman–Crippen LogP) is 4.11. The maximum absolute atomic E-state index is 13.9. The minimum Gasteiger partial charge on any atom is -0.508 e. The summed E-state index contributed by atoms with van der Waals surface area (Å²) in [6.45, 7) is 0.215. The number of carbonyl (C=O) groups excluding carboxylic acids is 4. The lowest BCUT2D eigenvalue weighted by molar-refractivity contribution is -0.140. The van der Waals surface area contributed by atoms with Gasteiger partial charge in [0.05, 0.1) is 23.4 Å². The largest absolute Gasteiger partial charge is 0.508 e. The standard InChI is InChI=1S/C31H26BrNO7/c1-40-25-12-17(35)6-7-19(25)26-18-8-9-20-27(21(18)13-22-28(26)24(36)14-23(32)29(22)37)31(39)33(30(20)38)11-10-15-2-4-16(34)5-3-15/h2-8,12,14,20-21,26-27,34-35H,9-11,13H2,1H3. The van der Waals surface area contributed by atoms with E-state index >= 15 is 0 Å². The normalized spacial score (nSPS) is 25.8. The second-order valence-electron chi connectivity index (χ2n) is 10.6. The molecule has 0 bridgehead atoms. The molecule has 1 aliphatic heterocycles. The highest BCUT2D eigenvalue weighted by Gasteiger charge is 2.56. The third-order valence-corrected chi connectivity index (χ3v) is 9.10. The van der Waals surface area contributed by atoms with E-state index < -0.39 is 23.7 Å². The first-order chi connectivity index (χ1) is 19.2. The summed E-state index contributed by atoms with van der Waals surface area (Å²) in [6.07, 6.45) is 4.21. The number of imide groups is 1. The van der Waals surface area contributed by atoms with Crippen molar-refractivity contribution >= 4 is 39.3 Å². The van der Waals surface area contributed by atoms with Crippen LogP contribution < -0.4 is 4.74 Å². The molecule has 3 aliphatic carbocycles. The molecule has 4 unspecified atom stereocenters. The predicted molar refractivity (Wildman–Crippen MR) is 148 cm³/mol. The van der Waals surface area contributed by atoms with Crippen LogP contribution in [0.1, 0.15) is 29.9 Å². The number of hydrogen-bond donors (Lipinski definition) is 2. The van der Waals surface area contributed by atoms with Gasteiger partial charge in [0.1, 0.15) is 17.2 Å². The van der Waals surface area contributed by atoms with Gasteiger partial charge in [-0.15, -0.1) is 0 Å². The van der Waals surface area contributed by atoms with E-state index in [1.807, 2.05) is 6.08 Å². The second-order valence-corrected chi connectivity index (χ2v) is 11.4. The number of allylic oxidation sites excluding steroid dienone is 6. The lowest BCUT2D eigenvalue weighted by atomic mass is 9.59. The van der Waals surface area contributed by atoms with Crippen molar-refractivity contribution in [2.24, 2.45) is 17.8 Å². The van der Waals surface area contributed by atoms with E-state index in [1.165, 1.54) is 30.2 Å². The first-order valence-electron chi connectivity index (χ1n) is 13.1. The zero-order valence-electron chi connectivity index (χ0n) is 21.6. The average Bonchev–Trinajstić information content (AvgIpc) is 3.19. The van der Waals surface area contributed by atoms with E-state index in [0.717, 1.165) is 11.1 Å². The van der Waals surface area contributed by atoms with Crippen LogP contribution in [-0.4, -0.2) is 52.1 Å². The number of ether oxygens (including phenoxy) is 1. The summed E-state index contributed by atoms with van der Waals surface area (Å²) >= 11 is 3.23. The number of amides is 2. The molecule has 8 nitrogen and oxygen atoms in total. The van der Waals surface area contributed by atoms with Crippen LogP contribution in [0.2, 0.25) is 0 Å². The minimum absolute atomic E-state index is 0.00521. The molecule has 2 aromatic rings. The van der Waals surface area contributed by atoms with Crippen LogP contribution in [-0.2, 0) is 25.6 Å². The number of phenolic OH excluding ortho intramolecular Hbond substituents is 2. The van der Waals surface area contributed by atoms with Gasteiger partial charge in [0, 0.05) is 41.3 Å². The number of likely N-dealkylation sites (tertiary alicyclic amines) is 1.